The van der Waals surface area contributed by atoms with Crippen molar-refractivity contribution in [2.45, 2.75) is 26.6 Å². The second-order valence-corrected chi connectivity index (χ2v) is 6.38. The average Bonchev–Trinajstić information content (AvgIpc) is 2.88. The summed E-state index contributed by atoms with van der Waals surface area (Å²) in [7, 11) is 1.95. The normalized spacial score (nSPS) is 11.2. The van der Waals surface area contributed by atoms with Crippen LogP contribution in [0, 0.1) is 6.92 Å². The summed E-state index contributed by atoms with van der Waals surface area (Å²) in [6.45, 7) is 4.39. The summed E-state index contributed by atoms with van der Waals surface area (Å²) in [5.74, 6) is 0. The molecule has 0 N–H and O–H groups in total. The van der Waals surface area contributed by atoms with Gasteiger partial charge in [-0.15, -0.1) is 0 Å². The molecule has 0 aliphatic rings. The Labute approximate surface area is 147 Å². The Balaban J connectivity index is 1.83. The molecule has 0 aliphatic carbocycles. The zero-order valence-electron chi connectivity index (χ0n) is 14.0. The summed E-state index contributed by atoms with van der Waals surface area (Å²) in [5.41, 5.74) is 4.45. The van der Waals surface area contributed by atoms with Gasteiger partial charge < -0.3 is 0 Å². The Hall–Kier alpha value is -2.17. The number of benzene rings is 1. The lowest BCUT2D eigenvalue weighted by Gasteiger charge is -2.22. The molecular weight excluding hydrogens is 320 g/mol. The van der Waals surface area contributed by atoms with E-state index in [-0.39, 0.29) is 0 Å². The molecule has 24 heavy (non-hydrogen) atoms. The summed E-state index contributed by atoms with van der Waals surface area (Å²) in [5, 5.41) is 5.24. The minimum Gasteiger partial charge on any atom is -0.289 e. The van der Waals surface area contributed by atoms with Gasteiger partial charge >= 0.3 is 0 Å². The van der Waals surface area contributed by atoms with Crippen molar-refractivity contribution in [2.75, 3.05) is 0 Å². The SMILES string of the molecule is Cc1nn(C)cc1CN(Cc1ccccn1)Cc1ccccc1Cl. The van der Waals surface area contributed by atoms with Crippen LogP contribution in [0.25, 0.3) is 0 Å². The first-order valence-corrected chi connectivity index (χ1v) is 8.34. The van der Waals surface area contributed by atoms with Gasteiger partial charge in [-0.1, -0.05) is 35.9 Å². The van der Waals surface area contributed by atoms with Crippen LogP contribution in [-0.4, -0.2) is 19.7 Å². The molecule has 0 saturated carbocycles. The van der Waals surface area contributed by atoms with Gasteiger partial charge in [-0.2, -0.15) is 5.10 Å². The van der Waals surface area contributed by atoms with Crippen LogP contribution in [0.2, 0.25) is 5.02 Å². The largest absolute Gasteiger partial charge is 0.289 e. The molecule has 0 atom stereocenters. The third-order valence-electron chi connectivity index (χ3n) is 3.97. The maximum atomic E-state index is 6.35. The molecular formula is C19H21ClN4. The molecule has 0 unspecified atom stereocenters. The van der Waals surface area contributed by atoms with E-state index in [1.807, 2.05) is 55.2 Å². The van der Waals surface area contributed by atoms with Crippen LogP contribution >= 0.6 is 11.6 Å². The van der Waals surface area contributed by atoms with Crippen molar-refractivity contribution in [2.24, 2.45) is 7.05 Å². The lowest BCUT2D eigenvalue weighted by atomic mass is 10.1. The molecule has 4 nitrogen and oxygen atoms in total. The van der Waals surface area contributed by atoms with Gasteiger partial charge in [-0.3, -0.25) is 14.6 Å². The van der Waals surface area contributed by atoms with Crippen LogP contribution < -0.4 is 0 Å². The Morgan fingerprint density at radius 1 is 1.00 bits per heavy atom. The van der Waals surface area contributed by atoms with Gasteiger partial charge in [-0.05, 0) is 30.7 Å². The lowest BCUT2D eigenvalue weighted by molar-refractivity contribution is 0.244. The van der Waals surface area contributed by atoms with Gasteiger partial charge in [0.25, 0.3) is 0 Å². The Morgan fingerprint density at radius 3 is 2.42 bits per heavy atom. The molecule has 5 heteroatoms. The highest BCUT2D eigenvalue weighted by atomic mass is 35.5. The minimum atomic E-state index is 0.764. The standard InChI is InChI=1S/C19H21ClN4/c1-15-17(11-23(2)22-15)13-24(14-18-8-5-6-10-21-18)12-16-7-3-4-9-19(16)20/h3-11H,12-14H2,1-2H3. The van der Waals surface area contributed by atoms with E-state index in [0.29, 0.717) is 0 Å². The topological polar surface area (TPSA) is 34.0 Å². The van der Waals surface area contributed by atoms with Gasteiger partial charge in [0, 0.05) is 49.7 Å². The maximum Gasteiger partial charge on any atom is 0.0638 e. The molecule has 3 rings (SSSR count). The van der Waals surface area contributed by atoms with Crippen LogP contribution in [0.5, 0.6) is 0 Å². The summed E-state index contributed by atoms with van der Waals surface area (Å²) in [6, 6.07) is 14.0. The lowest BCUT2D eigenvalue weighted by Crippen LogP contribution is -2.23. The van der Waals surface area contributed by atoms with Crippen LogP contribution in [0.15, 0.2) is 54.9 Å². The molecule has 0 bridgehead atoms. The molecule has 0 saturated heterocycles. The van der Waals surface area contributed by atoms with E-state index >= 15 is 0 Å². The third-order valence-corrected chi connectivity index (χ3v) is 4.34. The highest BCUT2D eigenvalue weighted by Crippen LogP contribution is 2.20. The first-order chi connectivity index (χ1) is 11.6. The second kappa shape index (κ2) is 7.60. The van der Waals surface area contributed by atoms with Crippen molar-refractivity contribution >= 4 is 11.6 Å². The summed E-state index contributed by atoms with van der Waals surface area (Å²) >= 11 is 6.35. The fraction of sp³-hybridized carbons (Fsp3) is 0.263. The van der Waals surface area contributed by atoms with E-state index in [1.54, 1.807) is 0 Å². The highest BCUT2D eigenvalue weighted by molar-refractivity contribution is 6.31. The Bertz CT molecular complexity index is 798. The molecule has 0 aliphatic heterocycles. The van der Waals surface area contributed by atoms with Crippen molar-refractivity contribution in [3.05, 3.63) is 82.4 Å². The second-order valence-electron chi connectivity index (χ2n) is 5.97. The molecule has 0 amide bonds. The Kier molecular flexibility index (Phi) is 5.28. The quantitative estimate of drug-likeness (QED) is 0.680. The smallest absolute Gasteiger partial charge is 0.0638 e. The van der Waals surface area contributed by atoms with Crippen LogP contribution in [0.4, 0.5) is 0 Å². The number of rotatable bonds is 6. The minimum absolute atomic E-state index is 0.764. The predicted octanol–water partition coefficient (Wildman–Crippen LogP) is 3.98. The summed E-state index contributed by atoms with van der Waals surface area (Å²) < 4.78 is 1.86. The van der Waals surface area contributed by atoms with Gasteiger partial charge in [-0.25, -0.2) is 0 Å². The molecule has 0 fully saturated rings. The average molecular weight is 341 g/mol. The number of pyridine rings is 1. The molecule has 124 valence electrons. The molecule has 0 radical (unpaired) electrons. The van der Waals surface area contributed by atoms with Crippen LogP contribution in [-0.2, 0) is 26.7 Å². The van der Waals surface area contributed by atoms with E-state index in [9.17, 15) is 0 Å². The number of aromatic nitrogens is 3. The van der Waals surface area contributed by atoms with Crippen molar-refractivity contribution in [1.82, 2.24) is 19.7 Å². The van der Waals surface area contributed by atoms with Crippen LogP contribution in [0.1, 0.15) is 22.5 Å². The first kappa shape index (κ1) is 16.7. The van der Waals surface area contributed by atoms with E-state index in [1.165, 1.54) is 5.56 Å². The highest BCUT2D eigenvalue weighted by Gasteiger charge is 2.13. The number of halogens is 1. The van der Waals surface area contributed by atoms with Crippen molar-refractivity contribution in [1.29, 1.82) is 0 Å². The van der Waals surface area contributed by atoms with E-state index < -0.39 is 0 Å². The van der Waals surface area contributed by atoms with Gasteiger partial charge in [0.1, 0.15) is 0 Å². The zero-order chi connectivity index (χ0) is 16.9. The third kappa shape index (κ3) is 4.22. The van der Waals surface area contributed by atoms with Crippen molar-refractivity contribution < 1.29 is 0 Å². The molecule has 0 spiro atoms. The monoisotopic (exact) mass is 340 g/mol. The zero-order valence-corrected chi connectivity index (χ0v) is 14.7. The van der Waals surface area contributed by atoms with Gasteiger partial charge in [0.15, 0.2) is 0 Å². The molecule has 1 aromatic carbocycles. The van der Waals surface area contributed by atoms with Gasteiger partial charge in [0.2, 0.25) is 0 Å². The number of hydrogen-bond donors (Lipinski definition) is 0. The van der Waals surface area contributed by atoms with Gasteiger partial charge in [0.05, 0.1) is 11.4 Å². The van der Waals surface area contributed by atoms with Crippen molar-refractivity contribution in [3.8, 4) is 0 Å². The fourth-order valence-electron chi connectivity index (χ4n) is 2.80. The fourth-order valence-corrected chi connectivity index (χ4v) is 3.00. The maximum absolute atomic E-state index is 6.35. The number of aryl methyl sites for hydroxylation is 2. The molecule has 3 aromatic rings. The summed E-state index contributed by atoms with van der Waals surface area (Å²) in [6.07, 6.45) is 3.91. The first-order valence-electron chi connectivity index (χ1n) is 7.96. The van der Waals surface area contributed by atoms with Crippen LogP contribution in [0.3, 0.4) is 0 Å². The van der Waals surface area contributed by atoms with E-state index in [4.69, 9.17) is 11.6 Å². The molecule has 2 heterocycles. The van der Waals surface area contributed by atoms with E-state index in [2.05, 4.69) is 33.3 Å². The number of nitrogens with zero attached hydrogens (tertiary/aromatic N) is 4. The number of hydrogen-bond acceptors (Lipinski definition) is 3. The van der Waals surface area contributed by atoms with E-state index in [0.717, 1.165) is 41.6 Å². The molecule has 2 aromatic heterocycles. The Morgan fingerprint density at radius 2 is 1.75 bits per heavy atom. The summed E-state index contributed by atoms with van der Waals surface area (Å²) in [4.78, 5) is 6.80. The van der Waals surface area contributed by atoms with Crippen molar-refractivity contribution in [3.63, 3.8) is 0 Å². The predicted molar refractivity (Wildman–Crippen MR) is 96.6 cm³/mol.